The number of nitrogens with one attached hydrogen (secondary N) is 1. The first-order valence-corrected chi connectivity index (χ1v) is 8.39. The van der Waals surface area contributed by atoms with Gasteiger partial charge in [-0.05, 0) is 36.2 Å². The van der Waals surface area contributed by atoms with Crippen molar-refractivity contribution < 1.29 is 4.79 Å². The van der Waals surface area contributed by atoms with Crippen LogP contribution in [-0.2, 0) is 0 Å². The number of nitrogens with zero attached hydrogens (tertiary/aromatic N) is 1. The van der Waals surface area contributed by atoms with Gasteiger partial charge in [-0.25, -0.2) is 5.43 Å². The van der Waals surface area contributed by atoms with Crippen molar-refractivity contribution in [3.05, 3.63) is 68.5 Å². The summed E-state index contributed by atoms with van der Waals surface area (Å²) in [5.74, 6) is -0.320. The Labute approximate surface area is 147 Å². The average Bonchev–Trinajstić information content (AvgIpc) is 2.85. The minimum absolute atomic E-state index is 0.320. The third-order valence-electron chi connectivity index (χ3n) is 3.24. The summed E-state index contributed by atoms with van der Waals surface area (Å²) in [4.78, 5) is 12.7. The predicted octanol–water partition coefficient (Wildman–Crippen LogP) is 5.28. The average molecular weight is 363 g/mol. The van der Waals surface area contributed by atoms with E-state index in [9.17, 15) is 4.79 Å². The first kappa shape index (κ1) is 16.0. The Kier molecular flexibility index (Phi) is 4.66. The predicted molar refractivity (Wildman–Crippen MR) is 98.1 cm³/mol. The molecule has 116 valence electrons. The van der Waals surface area contributed by atoms with Crippen LogP contribution in [0.1, 0.15) is 20.8 Å². The van der Waals surface area contributed by atoms with E-state index in [1.807, 2.05) is 37.3 Å². The van der Waals surface area contributed by atoms with E-state index in [-0.39, 0.29) is 5.91 Å². The van der Waals surface area contributed by atoms with Gasteiger partial charge in [-0.1, -0.05) is 47.5 Å². The number of hydrogen-bond acceptors (Lipinski definition) is 3. The molecule has 3 aromatic rings. The highest BCUT2D eigenvalue weighted by molar-refractivity contribution is 7.21. The van der Waals surface area contributed by atoms with Crippen LogP contribution in [0.3, 0.4) is 0 Å². The van der Waals surface area contributed by atoms with E-state index in [0.717, 1.165) is 21.2 Å². The molecule has 6 heteroatoms. The molecule has 0 radical (unpaired) electrons. The maximum atomic E-state index is 12.2. The molecule has 1 N–H and O–H groups in total. The van der Waals surface area contributed by atoms with E-state index in [0.29, 0.717) is 14.9 Å². The summed E-state index contributed by atoms with van der Waals surface area (Å²) < 4.78 is 0.988. The van der Waals surface area contributed by atoms with Crippen LogP contribution in [0, 0.1) is 6.92 Å². The van der Waals surface area contributed by atoms with Crippen molar-refractivity contribution in [3.8, 4) is 0 Å². The molecular formula is C17H12Cl2N2OS. The summed E-state index contributed by atoms with van der Waals surface area (Å²) in [5, 5.41) is 5.95. The van der Waals surface area contributed by atoms with Crippen molar-refractivity contribution in [1.82, 2.24) is 5.43 Å². The molecule has 3 nitrogen and oxygen atoms in total. The number of hydrazone groups is 1. The van der Waals surface area contributed by atoms with Crippen molar-refractivity contribution in [2.24, 2.45) is 5.10 Å². The number of benzene rings is 2. The molecule has 0 unspecified atom stereocenters. The van der Waals surface area contributed by atoms with E-state index >= 15 is 0 Å². The zero-order valence-electron chi connectivity index (χ0n) is 12.1. The summed E-state index contributed by atoms with van der Waals surface area (Å²) in [6.07, 6.45) is 1.56. The minimum Gasteiger partial charge on any atom is -0.266 e. The van der Waals surface area contributed by atoms with Gasteiger partial charge in [0.15, 0.2) is 0 Å². The second-order valence-electron chi connectivity index (χ2n) is 5.00. The summed E-state index contributed by atoms with van der Waals surface area (Å²) in [7, 11) is 0. The molecule has 2 aromatic carbocycles. The quantitative estimate of drug-likeness (QED) is 0.499. The Hall–Kier alpha value is -1.88. The lowest BCUT2D eigenvalue weighted by molar-refractivity contribution is 0.0959. The molecule has 23 heavy (non-hydrogen) atoms. The molecule has 1 aromatic heterocycles. The number of fused-ring (bicyclic) bond motifs is 1. The lowest BCUT2D eigenvalue weighted by Gasteiger charge is -1.97. The molecule has 0 bridgehead atoms. The molecule has 0 atom stereocenters. The van der Waals surface area contributed by atoms with Crippen LogP contribution in [0.25, 0.3) is 10.1 Å². The van der Waals surface area contributed by atoms with Crippen LogP contribution in [0.2, 0.25) is 10.0 Å². The van der Waals surface area contributed by atoms with E-state index in [1.165, 1.54) is 11.3 Å². The maximum Gasteiger partial charge on any atom is 0.283 e. The van der Waals surface area contributed by atoms with Gasteiger partial charge >= 0.3 is 0 Å². The van der Waals surface area contributed by atoms with Crippen LogP contribution in [0.5, 0.6) is 0 Å². The van der Waals surface area contributed by atoms with Crippen molar-refractivity contribution in [1.29, 1.82) is 0 Å². The van der Waals surface area contributed by atoms with Crippen molar-refractivity contribution >= 4 is 56.7 Å². The fraction of sp³-hybridized carbons (Fsp3) is 0.0588. The van der Waals surface area contributed by atoms with Gasteiger partial charge in [-0.2, -0.15) is 5.10 Å². The zero-order valence-corrected chi connectivity index (χ0v) is 14.5. The highest BCUT2D eigenvalue weighted by atomic mass is 35.5. The number of hydrogen-bond donors (Lipinski definition) is 1. The van der Waals surface area contributed by atoms with Crippen LogP contribution in [0.4, 0.5) is 0 Å². The SMILES string of the molecule is Cc1ccc2c(Cl)c(C(=O)NN=Cc3ccc(Cl)cc3)sc2c1. The van der Waals surface area contributed by atoms with Crippen LogP contribution in [0.15, 0.2) is 47.6 Å². The number of thiophene rings is 1. The van der Waals surface area contributed by atoms with Gasteiger partial charge in [0.05, 0.1) is 11.2 Å². The van der Waals surface area contributed by atoms with Crippen molar-refractivity contribution in [2.45, 2.75) is 6.92 Å². The molecule has 1 heterocycles. The first-order chi connectivity index (χ1) is 11.0. The number of aryl methyl sites for hydroxylation is 1. The second-order valence-corrected chi connectivity index (χ2v) is 6.86. The van der Waals surface area contributed by atoms with Crippen molar-refractivity contribution in [2.75, 3.05) is 0 Å². The standard InChI is InChI=1S/C17H12Cl2N2OS/c1-10-2-7-13-14(8-10)23-16(15(13)19)17(22)21-20-9-11-3-5-12(18)6-4-11/h2-9H,1H3,(H,21,22). The fourth-order valence-electron chi connectivity index (χ4n) is 2.08. The summed E-state index contributed by atoms with van der Waals surface area (Å²) in [6, 6.07) is 13.1. The molecule has 0 saturated carbocycles. The van der Waals surface area contributed by atoms with Gasteiger partial charge < -0.3 is 0 Å². The Morgan fingerprint density at radius 1 is 1.17 bits per heavy atom. The molecule has 0 spiro atoms. The molecular weight excluding hydrogens is 351 g/mol. The number of rotatable bonds is 3. The minimum atomic E-state index is -0.320. The molecule has 0 aliphatic rings. The lowest BCUT2D eigenvalue weighted by Crippen LogP contribution is -2.16. The van der Waals surface area contributed by atoms with Gasteiger partial charge in [0.25, 0.3) is 5.91 Å². The maximum absolute atomic E-state index is 12.2. The van der Waals surface area contributed by atoms with E-state index in [2.05, 4.69) is 10.5 Å². The molecule has 0 aliphatic heterocycles. The first-order valence-electron chi connectivity index (χ1n) is 6.82. The number of halogens is 2. The molecule has 0 saturated heterocycles. The second kappa shape index (κ2) is 6.71. The highest BCUT2D eigenvalue weighted by Gasteiger charge is 2.16. The number of carbonyl (C=O) groups is 1. The fourth-order valence-corrected chi connectivity index (χ4v) is 3.71. The third-order valence-corrected chi connectivity index (χ3v) is 5.15. The molecule has 3 rings (SSSR count). The van der Waals surface area contributed by atoms with Gasteiger partial charge in [-0.3, -0.25) is 4.79 Å². The number of carbonyl (C=O) groups excluding carboxylic acids is 1. The molecule has 0 fully saturated rings. The number of amides is 1. The topological polar surface area (TPSA) is 41.5 Å². The smallest absolute Gasteiger partial charge is 0.266 e. The Morgan fingerprint density at radius 2 is 1.91 bits per heavy atom. The summed E-state index contributed by atoms with van der Waals surface area (Å²) >= 11 is 13.5. The van der Waals surface area contributed by atoms with Crippen LogP contribution >= 0.6 is 34.5 Å². The molecule has 0 aliphatic carbocycles. The Morgan fingerprint density at radius 3 is 2.65 bits per heavy atom. The normalized spacial score (nSPS) is 11.3. The summed E-state index contributed by atoms with van der Waals surface area (Å²) in [5.41, 5.74) is 4.47. The van der Waals surface area contributed by atoms with Gasteiger partial charge in [0, 0.05) is 15.1 Å². The van der Waals surface area contributed by atoms with E-state index in [1.54, 1.807) is 18.3 Å². The zero-order chi connectivity index (χ0) is 16.4. The lowest BCUT2D eigenvalue weighted by atomic mass is 10.2. The van der Waals surface area contributed by atoms with Crippen LogP contribution < -0.4 is 5.43 Å². The van der Waals surface area contributed by atoms with Crippen LogP contribution in [-0.4, -0.2) is 12.1 Å². The Bertz CT molecular complexity index is 901. The third kappa shape index (κ3) is 3.55. The monoisotopic (exact) mass is 362 g/mol. The van der Waals surface area contributed by atoms with E-state index in [4.69, 9.17) is 23.2 Å². The summed E-state index contributed by atoms with van der Waals surface area (Å²) in [6.45, 7) is 2.00. The molecule has 1 amide bonds. The highest BCUT2D eigenvalue weighted by Crippen LogP contribution is 2.35. The Balaban J connectivity index is 1.78. The van der Waals surface area contributed by atoms with E-state index < -0.39 is 0 Å². The van der Waals surface area contributed by atoms with Gasteiger partial charge in [-0.15, -0.1) is 11.3 Å². The van der Waals surface area contributed by atoms with Gasteiger partial charge in [0.1, 0.15) is 4.88 Å². The largest absolute Gasteiger partial charge is 0.283 e. The van der Waals surface area contributed by atoms with Gasteiger partial charge in [0.2, 0.25) is 0 Å². The van der Waals surface area contributed by atoms with Crippen molar-refractivity contribution in [3.63, 3.8) is 0 Å².